The summed E-state index contributed by atoms with van der Waals surface area (Å²) in [5, 5.41) is 9.29. The van der Waals surface area contributed by atoms with E-state index in [4.69, 9.17) is 0 Å². The van der Waals surface area contributed by atoms with E-state index in [0.717, 1.165) is 11.8 Å². The first kappa shape index (κ1) is 15.7. The fourth-order valence-electron chi connectivity index (χ4n) is 1.76. The zero-order chi connectivity index (χ0) is 15.6. The first-order chi connectivity index (χ1) is 9.86. The van der Waals surface area contributed by atoms with Gasteiger partial charge in [0.05, 0.1) is 0 Å². The molecule has 0 fully saturated rings. The third-order valence-corrected chi connectivity index (χ3v) is 4.10. The molecule has 0 atom stereocenters. The first-order valence-electron chi connectivity index (χ1n) is 5.79. The Balaban J connectivity index is 2.31. The molecular weight excluding hydrogens is 363 g/mol. The Morgan fingerprint density at radius 2 is 2.19 bits per heavy atom. The highest BCUT2D eigenvalue weighted by molar-refractivity contribution is 9.10. The molecule has 2 rings (SSSR count). The van der Waals surface area contributed by atoms with Crippen LogP contribution < -0.4 is 5.69 Å². The van der Waals surface area contributed by atoms with E-state index in [-0.39, 0.29) is 16.3 Å². The maximum atomic E-state index is 13.3. The normalized spacial score (nSPS) is 10.6. The predicted octanol–water partition coefficient (Wildman–Crippen LogP) is 2.97. The quantitative estimate of drug-likeness (QED) is 0.636. The molecule has 1 aromatic heterocycles. The minimum absolute atomic E-state index is 0.0462. The molecule has 21 heavy (non-hydrogen) atoms. The molecule has 0 radical (unpaired) electrons. The molecule has 0 amide bonds. The van der Waals surface area contributed by atoms with E-state index in [9.17, 15) is 19.1 Å². The molecule has 0 spiro atoms. The van der Waals surface area contributed by atoms with Gasteiger partial charge in [-0.15, -0.1) is 11.8 Å². The van der Waals surface area contributed by atoms with Crippen molar-refractivity contribution < 1.29 is 14.3 Å². The maximum absolute atomic E-state index is 13.3. The van der Waals surface area contributed by atoms with Gasteiger partial charge in [-0.05, 0) is 30.7 Å². The number of rotatable bonds is 4. The van der Waals surface area contributed by atoms with Crippen molar-refractivity contribution in [3.63, 3.8) is 0 Å². The highest BCUT2D eigenvalue weighted by Crippen LogP contribution is 2.26. The monoisotopic (exact) mass is 372 g/mol. The minimum Gasteiger partial charge on any atom is -0.478 e. The summed E-state index contributed by atoms with van der Waals surface area (Å²) in [6, 6.07) is 4.39. The topological polar surface area (TPSA) is 83.0 Å². The van der Waals surface area contributed by atoms with Crippen LogP contribution in [0, 0.1) is 12.7 Å². The van der Waals surface area contributed by atoms with Gasteiger partial charge in [0.1, 0.15) is 16.4 Å². The molecule has 2 N–H and O–H groups in total. The Hall–Kier alpha value is -1.67. The SMILES string of the molecule is Cc1[nH]c(=O)nc(SCc2cc(F)cc(Br)c2)c1C(=O)O. The van der Waals surface area contributed by atoms with Crippen LogP contribution in [0.15, 0.2) is 32.5 Å². The maximum Gasteiger partial charge on any atom is 0.346 e. The van der Waals surface area contributed by atoms with Crippen LogP contribution >= 0.6 is 27.7 Å². The first-order valence-corrected chi connectivity index (χ1v) is 7.56. The number of hydrogen-bond acceptors (Lipinski definition) is 4. The molecule has 0 bridgehead atoms. The van der Waals surface area contributed by atoms with Crippen molar-refractivity contribution in [3.8, 4) is 0 Å². The molecular formula is C13H10BrFN2O3S. The number of aromatic carboxylic acids is 1. The van der Waals surface area contributed by atoms with Crippen molar-refractivity contribution in [2.24, 2.45) is 0 Å². The number of thioether (sulfide) groups is 1. The largest absolute Gasteiger partial charge is 0.478 e. The molecule has 0 saturated heterocycles. The number of carboxylic acid groups (broad SMARTS) is 1. The average Bonchev–Trinajstić information content (AvgIpc) is 2.33. The molecule has 0 aliphatic heterocycles. The summed E-state index contributed by atoms with van der Waals surface area (Å²) < 4.78 is 13.9. The van der Waals surface area contributed by atoms with Crippen LogP contribution in [0.4, 0.5) is 4.39 Å². The molecule has 1 heterocycles. The standard InChI is InChI=1S/C13H10BrFN2O3S/c1-6-10(12(18)19)11(17-13(20)16-6)21-5-7-2-8(14)4-9(15)3-7/h2-4H,5H2,1H3,(H,18,19)(H,16,17,20). The zero-order valence-electron chi connectivity index (χ0n) is 10.8. The van der Waals surface area contributed by atoms with Gasteiger partial charge in [-0.1, -0.05) is 15.9 Å². The lowest BCUT2D eigenvalue weighted by Crippen LogP contribution is -2.18. The highest BCUT2D eigenvalue weighted by atomic mass is 79.9. The van der Waals surface area contributed by atoms with Crippen molar-refractivity contribution >= 4 is 33.7 Å². The van der Waals surface area contributed by atoms with Crippen LogP contribution in [0.1, 0.15) is 21.6 Å². The number of benzene rings is 1. The summed E-state index contributed by atoms with van der Waals surface area (Å²) in [5.74, 6) is -1.26. The molecule has 5 nitrogen and oxygen atoms in total. The lowest BCUT2D eigenvalue weighted by Gasteiger charge is -2.07. The Morgan fingerprint density at radius 3 is 2.81 bits per heavy atom. The molecule has 0 aliphatic rings. The second kappa shape index (κ2) is 6.40. The summed E-state index contributed by atoms with van der Waals surface area (Å²) in [7, 11) is 0. The van der Waals surface area contributed by atoms with E-state index in [2.05, 4.69) is 25.9 Å². The minimum atomic E-state index is -1.17. The molecule has 0 saturated carbocycles. The van der Waals surface area contributed by atoms with Crippen molar-refractivity contribution in [2.75, 3.05) is 0 Å². The van der Waals surface area contributed by atoms with E-state index >= 15 is 0 Å². The number of hydrogen-bond donors (Lipinski definition) is 2. The van der Waals surface area contributed by atoms with Crippen LogP contribution in [-0.4, -0.2) is 21.0 Å². The van der Waals surface area contributed by atoms with Crippen molar-refractivity contribution in [1.29, 1.82) is 0 Å². The van der Waals surface area contributed by atoms with Crippen LogP contribution in [0.5, 0.6) is 0 Å². The molecule has 0 aliphatic carbocycles. The lowest BCUT2D eigenvalue weighted by atomic mass is 10.2. The molecule has 0 unspecified atom stereocenters. The fraction of sp³-hybridized carbons (Fsp3) is 0.154. The predicted molar refractivity (Wildman–Crippen MR) is 80.2 cm³/mol. The number of halogens is 2. The van der Waals surface area contributed by atoms with Gasteiger partial charge < -0.3 is 10.1 Å². The Kier molecular flexibility index (Phi) is 4.79. The summed E-state index contributed by atoms with van der Waals surface area (Å²) in [4.78, 5) is 28.6. The summed E-state index contributed by atoms with van der Waals surface area (Å²) >= 11 is 4.26. The van der Waals surface area contributed by atoms with Gasteiger partial charge in [-0.3, -0.25) is 0 Å². The number of nitrogens with one attached hydrogen (secondary N) is 1. The number of aromatic nitrogens is 2. The van der Waals surface area contributed by atoms with Crippen LogP contribution in [0.2, 0.25) is 0 Å². The van der Waals surface area contributed by atoms with E-state index < -0.39 is 17.5 Å². The lowest BCUT2D eigenvalue weighted by molar-refractivity contribution is 0.0690. The number of carboxylic acids is 1. The Labute approximate surface area is 131 Å². The van der Waals surface area contributed by atoms with Gasteiger partial charge in [-0.2, -0.15) is 4.98 Å². The van der Waals surface area contributed by atoms with Gasteiger partial charge in [0.15, 0.2) is 0 Å². The summed E-state index contributed by atoms with van der Waals surface area (Å²) in [6.45, 7) is 1.50. The Bertz CT molecular complexity index is 743. The smallest absolute Gasteiger partial charge is 0.346 e. The van der Waals surface area contributed by atoms with Crippen LogP contribution in [0.25, 0.3) is 0 Å². The van der Waals surface area contributed by atoms with Crippen molar-refractivity contribution in [2.45, 2.75) is 17.7 Å². The van der Waals surface area contributed by atoms with E-state index in [1.807, 2.05) is 0 Å². The van der Waals surface area contributed by atoms with Gasteiger partial charge in [0.2, 0.25) is 0 Å². The van der Waals surface area contributed by atoms with E-state index in [1.54, 1.807) is 6.07 Å². The summed E-state index contributed by atoms with van der Waals surface area (Å²) in [6.07, 6.45) is 0. The van der Waals surface area contributed by atoms with E-state index in [1.165, 1.54) is 19.1 Å². The second-order valence-corrected chi connectivity index (χ2v) is 6.10. The van der Waals surface area contributed by atoms with Gasteiger partial charge >= 0.3 is 11.7 Å². The summed E-state index contributed by atoms with van der Waals surface area (Å²) in [5.41, 5.74) is 0.240. The number of aromatic amines is 1. The zero-order valence-corrected chi connectivity index (χ0v) is 13.2. The van der Waals surface area contributed by atoms with Crippen molar-refractivity contribution in [3.05, 3.63) is 55.8 Å². The third-order valence-electron chi connectivity index (χ3n) is 2.60. The number of H-pyrrole nitrogens is 1. The highest BCUT2D eigenvalue weighted by Gasteiger charge is 2.17. The molecule has 2 aromatic rings. The molecule has 8 heteroatoms. The van der Waals surface area contributed by atoms with Gasteiger partial charge in [0.25, 0.3) is 0 Å². The van der Waals surface area contributed by atoms with Crippen LogP contribution in [-0.2, 0) is 5.75 Å². The number of nitrogens with zero attached hydrogens (tertiary/aromatic N) is 1. The van der Waals surface area contributed by atoms with E-state index in [0.29, 0.717) is 15.8 Å². The number of aryl methyl sites for hydroxylation is 1. The number of carbonyl (C=O) groups is 1. The average molecular weight is 373 g/mol. The Morgan fingerprint density at radius 1 is 1.48 bits per heavy atom. The van der Waals surface area contributed by atoms with Crippen LogP contribution in [0.3, 0.4) is 0 Å². The fourth-order valence-corrected chi connectivity index (χ4v) is 3.28. The molecule has 110 valence electrons. The van der Waals surface area contributed by atoms with Gasteiger partial charge in [-0.25, -0.2) is 14.0 Å². The van der Waals surface area contributed by atoms with Crippen molar-refractivity contribution in [1.82, 2.24) is 9.97 Å². The van der Waals surface area contributed by atoms with Gasteiger partial charge in [0, 0.05) is 15.9 Å². The molecule has 1 aromatic carbocycles. The third kappa shape index (κ3) is 3.92. The second-order valence-electron chi connectivity index (χ2n) is 4.22.